The van der Waals surface area contributed by atoms with Crippen LogP contribution in [0.3, 0.4) is 0 Å². The van der Waals surface area contributed by atoms with Gasteiger partial charge in [-0.15, -0.1) is 0 Å². The third-order valence-corrected chi connectivity index (χ3v) is 4.12. The van der Waals surface area contributed by atoms with E-state index in [0.29, 0.717) is 30.7 Å². The summed E-state index contributed by atoms with van der Waals surface area (Å²) in [6.45, 7) is 5.00. The van der Waals surface area contributed by atoms with Gasteiger partial charge in [0.2, 0.25) is 0 Å². The number of rotatable bonds is 7. The topological polar surface area (TPSA) is 59.6 Å². The zero-order chi connectivity index (χ0) is 16.5. The van der Waals surface area contributed by atoms with Crippen molar-refractivity contribution in [1.29, 1.82) is 0 Å². The number of ether oxygens (including phenoxy) is 2. The Hall–Kier alpha value is -1.30. The van der Waals surface area contributed by atoms with Crippen LogP contribution < -0.4 is 10.6 Å². The molecule has 128 valence electrons. The first kappa shape index (κ1) is 18.0. The van der Waals surface area contributed by atoms with Crippen LogP contribution in [-0.2, 0) is 9.47 Å². The van der Waals surface area contributed by atoms with Crippen LogP contribution in [-0.4, -0.2) is 38.9 Å². The van der Waals surface area contributed by atoms with E-state index in [4.69, 9.17) is 21.1 Å². The molecule has 6 heteroatoms. The van der Waals surface area contributed by atoms with Crippen LogP contribution in [0.1, 0.15) is 31.4 Å². The van der Waals surface area contributed by atoms with E-state index in [-0.39, 0.29) is 6.10 Å². The maximum atomic E-state index is 11.3. The zero-order valence-electron chi connectivity index (χ0n) is 13.5. The van der Waals surface area contributed by atoms with Crippen LogP contribution in [0.2, 0.25) is 5.02 Å². The molecule has 0 aromatic heterocycles. The van der Waals surface area contributed by atoms with Crippen molar-refractivity contribution in [3.63, 3.8) is 0 Å². The van der Waals surface area contributed by atoms with Gasteiger partial charge in [0.25, 0.3) is 0 Å². The number of alkyl carbamates (subject to hydrolysis) is 1. The van der Waals surface area contributed by atoms with E-state index in [1.807, 2.05) is 24.3 Å². The average molecular weight is 341 g/mol. The zero-order valence-corrected chi connectivity index (χ0v) is 14.3. The normalized spacial score (nSPS) is 19.1. The smallest absolute Gasteiger partial charge is 0.407 e. The molecule has 2 N–H and O–H groups in total. The first-order chi connectivity index (χ1) is 11.2. The van der Waals surface area contributed by atoms with Crippen LogP contribution in [0.4, 0.5) is 4.79 Å². The van der Waals surface area contributed by atoms with Gasteiger partial charge in [-0.25, -0.2) is 4.79 Å². The fourth-order valence-electron chi connectivity index (χ4n) is 2.85. The molecule has 1 aliphatic heterocycles. The van der Waals surface area contributed by atoms with Gasteiger partial charge in [0.15, 0.2) is 0 Å². The van der Waals surface area contributed by atoms with E-state index in [2.05, 4.69) is 10.6 Å². The molecule has 5 nitrogen and oxygen atoms in total. The number of halogens is 1. The number of carbonyl (C=O) groups is 1. The highest BCUT2D eigenvalue weighted by molar-refractivity contribution is 6.30. The summed E-state index contributed by atoms with van der Waals surface area (Å²) in [7, 11) is 0. The van der Waals surface area contributed by atoms with Gasteiger partial charge in [-0.2, -0.15) is 0 Å². The fourth-order valence-corrected chi connectivity index (χ4v) is 3.05. The minimum Gasteiger partial charge on any atom is -0.450 e. The highest BCUT2D eigenvalue weighted by Gasteiger charge is 2.25. The molecular weight excluding hydrogens is 316 g/mol. The molecule has 2 atom stereocenters. The molecule has 1 amide bonds. The van der Waals surface area contributed by atoms with Crippen molar-refractivity contribution in [2.75, 3.05) is 32.8 Å². The Morgan fingerprint density at radius 1 is 1.52 bits per heavy atom. The molecule has 1 fully saturated rings. The number of hydrogen-bond acceptors (Lipinski definition) is 4. The van der Waals surface area contributed by atoms with Crippen molar-refractivity contribution < 1.29 is 14.3 Å². The second-order valence-electron chi connectivity index (χ2n) is 5.60. The lowest BCUT2D eigenvalue weighted by molar-refractivity contribution is 0.00457. The molecule has 0 radical (unpaired) electrons. The summed E-state index contributed by atoms with van der Waals surface area (Å²) in [5.41, 5.74) is 1.09. The van der Waals surface area contributed by atoms with E-state index in [1.54, 1.807) is 6.92 Å². The van der Waals surface area contributed by atoms with Crippen molar-refractivity contribution in [3.05, 3.63) is 34.9 Å². The highest BCUT2D eigenvalue weighted by atomic mass is 35.5. The summed E-state index contributed by atoms with van der Waals surface area (Å²) in [5.74, 6) is 0.407. The molecule has 1 heterocycles. The van der Waals surface area contributed by atoms with Crippen LogP contribution in [0.15, 0.2) is 24.3 Å². The van der Waals surface area contributed by atoms with Gasteiger partial charge < -0.3 is 20.1 Å². The largest absolute Gasteiger partial charge is 0.450 e. The van der Waals surface area contributed by atoms with Crippen molar-refractivity contribution in [2.24, 2.45) is 5.92 Å². The Balaban J connectivity index is 1.92. The van der Waals surface area contributed by atoms with Crippen LogP contribution in [0.5, 0.6) is 0 Å². The molecular formula is C17H25ClN2O3. The lowest BCUT2D eigenvalue weighted by atomic mass is 9.89. The number of amides is 1. The van der Waals surface area contributed by atoms with Crippen molar-refractivity contribution >= 4 is 17.7 Å². The number of benzene rings is 1. The first-order valence-electron chi connectivity index (χ1n) is 8.19. The van der Waals surface area contributed by atoms with Crippen molar-refractivity contribution in [1.82, 2.24) is 10.6 Å². The summed E-state index contributed by atoms with van der Waals surface area (Å²) in [6.07, 6.45) is 1.84. The number of nitrogens with one attached hydrogen (secondary N) is 2. The van der Waals surface area contributed by atoms with Crippen LogP contribution in [0.25, 0.3) is 0 Å². The molecule has 2 rings (SSSR count). The second-order valence-corrected chi connectivity index (χ2v) is 6.04. The van der Waals surface area contributed by atoms with E-state index >= 15 is 0 Å². The highest BCUT2D eigenvalue weighted by Crippen LogP contribution is 2.31. The molecule has 1 aliphatic rings. The van der Waals surface area contributed by atoms with E-state index < -0.39 is 6.09 Å². The Labute approximate surface area is 142 Å². The molecule has 23 heavy (non-hydrogen) atoms. The Bertz CT molecular complexity index is 492. The lowest BCUT2D eigenvalue weighted by Crippen LogP contribution is -2.35. The number of piperidine rings is 1. The maximum Gasteiger partial charge on any atom is 0.407 e. The monoisotopic (exact) mass is 340 g/mol. The van der Waals surface area contributed by atoms with Gasteiger partial charge in [0.05, 0.1) is 19.3 Å². The maximum absolute atomic E-state index is 11.3. The molecule has 1 aromatic rings. The predicted molar refractivity (Wildman–Crippen MR) is 90.8 cm³/mol. The minimum absolute atomic E-state index is 0.0227. The van der Waals surface area contributed by atoms with Gasteiger partial charge in [-0.1, -0.05) is 23.7 Å². The van der Waals surface area contributed by atoms with Gasteiger partial charge in [0, 0.05) is 24.0 Å². The van der Waals surface area contributed by atoms with E-state index in [1.165, 1.54) is 0 Å². The summed E-state index contributed by atoms with van der Waals surface area (Å²) in [6, 6.07) is 7.81. The summed E-state index contributed by atoms with van der Waals surface area (Å²) in [5, 5.41) is 6.81. The standard InChI is InChI=1S/C17H25ClN2O3/c1-2-22-17(21)20-9-10-23-16(14-6-4-8-19-12-14)13-5-3-7-15(18)11-13/h3,5,7,11,14,16,19H,2,4,6,8-10,12H2,1H3,(H,20,21). The number of hydrogen-bond donors (Lipinski definition) is 2. The van der Waals surface area contributed by atoms with E-state index in [0.717, 1.165) is 31.5 Å². The molecule has 0 bridgehead atoms. The Morgan fingerprint density at radius 2 is 2.39 bits per heavy atom. The van der Waals surface area contributed by atoms with Gasteiger partial charge in [-0.05, 0) is 44.0 Å². The predicted octanol–water partition coefficient (Wildman–Crippen LogP) is 3.14. The molecule has 0 spiro atoms. The summed E-state index contributed by atoms with van der Waals surface area (Å²) >= 11 is 6.12. The average Bonchev–Trinajstić information content (AvgIpc) is 2.56. The molecule has 1 aromatic carbocycles. The fraction of sp³-hybridized carbons (Fsp3) is 0.588. The van der Waals surface area contributed by atoms with Crippen LogP contribution in [0, 0.1) is 5.92 Å². The summed E-state index contributed by atoms with van der Waals surface area (Å²) < 4.78 is 10.9. The Morgan fingerprint density at radius 3 is 3.09 bits per heavy atom. The van der Waals surface area contributed by atoms with Crippen LogP contribution >= 0.6 is 11.6 Å². The molecule has 2 unspecified atom stereocenters. The van der Waals surface area contributed by atoms with Gasteiger partial charge in [0.1, 0.15) is 0 Å². The van der Waals surface area contributed by atoms with Gasteiger partial charge >= 0.3 is 6.09 Å². The SMILES string of the molecule is CCOC(=O)NCCOC(c1cccc(Cl)c1)C1CCCNC1. The number of carbonyl (C=O) groups excluding carboxylic acids is 1. The van der Waals surface area contributed by atoms with Gasteiger partial charge in [-0.3, -0.25) is 0 Å². The van der Waals surface area contributed by atoms with Crippen molar-refractivity contribution in [3.8, 4) is 0 Å². The van der Waals surface area contributed by atoms with Crippen molar-refractivity contribution in [2.45, 2.75) is 25.9 Å². The van der Waals surface area contributed by atoms with E-state index in [9.17, 15) is 4.79 Å². The minimum atomic E-state index is -0.408. The molecule has 0 aliphatic carbocycles. The molecule has 0 saturated carbocycles. The first-order valence-corrected chi connectivity index (χ1v) is 8.57. The Kier molecular flexibility index (Phi) is 7.65. The quantitative estimate of drug-likeness (QED) is 0.749. The third-order valence-electron chi connectivity index (χ3n) is 3.88. The summed E-state index contributed by atoms with van der Waals surface area (Å²) in [4.78, 5) is 11.3. The molecule has 1 saturated heterocycles. The third kappa shape index (κ3) is 6.01. The lowest BCUT2D eigenvalue weighted by Gasteiger charge is -2.31. The second kappa shape index (κ2) is 9.75.